The molecule has 0 unspecified atom stereocenters. The lowest BCUT2D eigenvalue weighted by atomic mass is 10.0. The zero-order valence-corrected chi connectivity index (χ0v) is 28.3. The van der Waals surface area contributed by atoms with E-state index in [1.807, 2.05) is 0 Å². The molecule has 7 amide bonds. The lowest BCUT2D eigenvalue weighted by molar-refractivity contribution is -0.141. The van der Waals surface area contributed by atoms with E-state index in [-0.39, 0.29) is 17.3 Å². The largest absolute Gasteiger partial charge is 0.481 e. The van der Waals surface area contributed by atoms with Gasteiger partial charge in [-0.2, -0.15) is 37.9 Å². The molecule has 0 aliphatic rings. The molecule has 11 N–H and O–H groups in total. The highest BCUT2D eigenvalue weighted by Gasteiger charge is 2.29. The molecule has 0 bridgehead atoms. The number of carboxylic acid groups (broad SMARTS) is 2. The van der Waals surface area contributed by atoms with Crippen molar-refractivity contribution in [3.05, 3.63) is 0 Å². The molecule has 0 aromatic heterocycles. The Morgan fingerprint density at radius 3 is 1.60 bits per heavy atom. The Labute approximate surface area is 286 Å². The van der Waals surface area contributed by atoms with Gasteiger partial charge in [0.25, 0.3) is 0 Å². The third kappa shape index (κ3) is 17.7. The van der Waals surface area contributed by atoms with Crippen LogP contribution in [0.5, 0.6) is 0 Å². The van der Waals surface area contributed by atoms with Crippen LogP contribution in [0.2, 0.25) is 0 Å². The van der Waals surface area contributed by atoms with Gasteiger partial charge >= 0.3 is 11.9 Å². The molecule has 19 nitrogen and oxygen atoms in total. The average Bonchev–Trinajstić information content (AvgIpc) is 3.02. The van der Waals surface area contributed by atoms with Crippen LogP contribution in [0, 0.1) is 5.92 Å². The maximum Gasteiger partial charge on any atom is 0.327 e. The maximum atomic E-state index is 12.9. The first-order chi connectivity index (χ1) is 22.0. The van der Waals surface area contributed by atoms with E-state index in [4.69, 9.17) is 15.9 Å². The van der Waals surface area contributed by atoms with Crippen LogP contribution in [-0.2, 0) is 43.2 Å². The standard InChI is InChI=1S/C25H42N8O11S3/c1-11(2)20(33-21(39)12(26)8-45)24(42)29-7-18(36)30-13(3-4-19(37)38)23(41)32-14(9-46)22(40)28-5-16(34)27-6-17(35)31-15(10-47)25(43)44/h11-15,20,45-47H,3-10,26H2,1-2H3,(H,27,34)(H,28,40)(H,29,42)(H,30,36)(H,31,35)(H,32,41)(H,33,39)(H,37,38)(H,43,44)/t12-,13-,14-,15-,20-/m0/s1. The van der Waals surface area contributed by atoms with Gasteiger partial charge < -0.3 is 53.2 Å². The molecule has 266 valence electrons. The summed E-state index contributed by atoms with van der Waals surface area (Å²) in [5.74, 6) is -9.18. The number of hydrogen-bond acceptors (Lipinski definition) is 13. The topological polar surface area (TPSA) is 304 Å². The fourth-order valence-corrected chi connectivity index (χ4v) is 4.04. The molecule has 0 aromatic carbocycles. The van der Waals surface area contributed by atoms with Crippen molar-refractivity contribution in [2.45, 2.75) is 56.9 Å². The first-order valence-corrected chi connectivity index (χ1v) is 15.9. The third-order valence-electron chi connectivity index (χ3n) is 6.00. The number of aliphatic carboxylic acids is 2. The monoisotopic (exact) mass is 726 g/mol. The van der Waals surface area contributed by atoms with Crippen molar-refractivity contribution in [1.82, 2.24) is 37.2 Å². The molecule has 0 aliphatic heterocycles. The summed E-state index contributed by atoms with van der Waals surface area (Å²) >= 11 is 11.7. The van der Waals surface area contributed by atoms with E-state index in [1.165, 1.54) is 0 Å². The highest BCUT2D eigenvalue weighted by Crippen LogP contribution is 2.04. The van der Waals surface area contributed by atoms with E-state index in [2.05, 4.69) is 75.1 Å². The van der Waals surface area contributed by atoms with Crippen LogP contribution in [0.25, 0.3) is 0 Å². The van der Waals surface area contributed by atoms with Crippen LogP contribution in [0.4, 0.5) is 0 Å². The van der Waals surface area contributed by atoms with Crippen LogP contribution in [0.15, 0.2) is 0 Å². The van der Waals surface area contributed by atoms with Gasteiger partial charge in [-0.05, 0) is 12.3 Å². The molecule has 0 fully saturated rings. The zero-order valence-electron chi connectivity index (χ0n) is 25.6. The molecule has 0 rings (SSSR count). The summed E-state index contributed by atoms with van der Waals surface area (Å²) in [6.45, 7) is 1.40. The molecule has 22 heteroatoms. The number of carboxylic acids is 2. The van der Waals surface area contributed by atoms with Crippen LogP contribution >= 0.6 is 37.9 Å². The number of hydrogen-bond donors (Lipinski definition) is 13. The van der Waals surface area contributed by atoms with Crippen molar-refractivity contribution in [3.8, 4) is 0 Å². The van der Waals surface area contributed by atoms with Gasteiger partial charge in [-0.1, -0.05) is 13.8 Å². The van der Waals surface area contributed by atoms with Gasteiger partial charge in [0.05, 0.1) is 25.7 Å². The second kappa shape index (κ2) is 22.7. The summed E-state index contributed by atoms with van der Waals surface area (Å²) in [6.07, 6.45) is -0.946. The van der Waals surface area contributed by atoms with Gasteiger partial charge in [0.1, 0.15) is 24.2 Å². The summed E-state index contributed by atoms with van der Waals surface area (Å²) in [7, 11) is 0. The predicted molar refractivity (Wildman–Crippen MR) is 176 cm³/mol. The molecule has 0 saturated heterocycles. The van der Waals surface area contributed by atoms with E-state index >= 15 is 0 Å². The third-order valence-corrected chi connectivity index (χ3v) is 7.13. The highest BCUT2D eigenvalue weighted by molar-refractivity contribution is 7.80. The van der Waals surface area contributed by atoms with Crippen LogP contribution in [0.1, 0.15) is 26.7 Å². The summed E-state index contributed by atoms with van der Waals surface area (Å²) < 4.78 is 0. The Morgan fingerprint density at radius 2 is 1.11 bits per heavy atom. The second-order valence-corrected chi connectivity index (χ2v) is 11.3. The van der Waals surface area contributed by atoms with Crippen molar-refractivity contribution in [1.29, 1.82) is 0 Å². The van der Waals surface area contributed by atoms with Gasteiger partial charge in [-0.3, -0.25) is 38.4 Å². The fourth-order valence-electron chi connectivity index (χ4n) is 3.37. The van der Waals surface area contributed by atoms with E-state index < -0.39 is 122 Å². The van der Waals surface area contributed by atoms with Crippen molar-refractivity contribution >= 4 is 91.2 Å². The molecule has 0 aromatic rings. The number of nitrogens with two attached hydrogens (primary N) is 1. The number of carbonyl (C=O) groups excluding carboxylic acids is 7. The quantitative estimate of drug-likeness (QED) is 0.0467. The summed E-state index contributed by atoms with van der Waals surface area (Å²) in [6, 6.07) is -6.11. The number of amides is 7. The lowest BCUT2D eigenvalue weighted by Crippen LogP contribution is -2.57. The van der Waals surface area contributed by atoms with Gasteiger partial charge in [0.15, 0.2) is 0 Å². The molecular formula is C25H42N8O11S3. The van der Waals surface area contributed by atoms with E-state index in [0.29, 0.717) is 0 Å². The zero-order chi connectivity index (χ0) is 36.3. The lowest BCUT2D eigenvalue weighted by Gasteiger charge is -2.24. The first kappa shape index (κ1) is 43.2. The SMILES string of the molecule is CC(C)[C@H](NC(=O)[C@@H](N)CS)C(=O)NCC(=O)N[C@@H](CCC(=O)O)C(=O)N[C@@H](CS)C(=O)NCC(=O)NCC(=O)N[C@@H](CS)C(=O)O. The minimum Gasteiger partial charge on any atom is -0.481 e. The van der Waals surface area contributed by atoms with Crippen LogP contribution in [0.3, 0.4) is 0 Å². The van der Waals surface area contributed by atoms with E-state index in [9.17, 15) is 43.2 Å². The van der Waals surface area contributed by atoms with Gasteiger partial charge in [0, 0.05) is 23.7 Å². The minimum atomic E-state index is -1.46. The smallest absolute Gasteiger partial charge is 0.327 e. The van der Waals surface area contributed by atoms with Gasteiger partial charge in [0.2, 0.25) is 41.4 Å². The minimum absolute atomic E-state index is 0.0285. The first-order valence-electron chi connectivity index (χ1n) is 14.0. The van der Waals surface area contributed by atoms with Crippen molar-refractivity contribution in [3.63, 3.8) is 0 Å². The number of carbonyl (C=O) groups is 9. The van der Waals surface area contributed by atoms with Crippen LogP contribution in [-0.4, -0.2) is 131 Å². The molecule has 0 spiro atoms. The van der Waals surface area contributed by atoms with Crippen molar-refractivity contribution in [2.24, 2.45) is 11.7 Å². The van der Waals surface area contributed by atoms with Gasteiger partial charge in [-0.25, -0.2) is 4.79 Å². The average molecular weight is 727 g/mol. The van der Waals surface area contributed by atoms with Gasteiger partial charge in [-0.15, -0.1) is 0 Å². The van der Waals surface area contributed by atoms with Crippen LogP contribution < -0.4 is 43.0 Å². The Morgan fingerprint density at radius 1 is 0.596 bits per heavy atom. The fraction of sp³-hybridized carbons (Fsp3) is 0.640. The normalized spacial score (nSPS) is 13.9. The summed E-state index contributed by atoms with van der Waals surface area (Å²) in [5.41, 5.74) is 5.62. The Kier molecular flexibility index (Phi) is 20.9. The van der Waals surface area contributed by atoms with E-state index in [1.54, 1.807) is 13.8 Å². The second-order valence-electron chi connectivity index (χ2n) is 10.2. The predicted octanol–water partition coefficient (Wildman–Crippen LogP) is -5.00. The maximum absolute atomic E-state index is 12.9. The summed E-state index contributed by atoms with van der Waals surface area (Å²) in [4.78, 5) is 109. The molecule has 0 aliphatic carbocycles. The molecule has 0 heterocycles. The summed E-state index contributed by atoms with van der Waals surface area (Å²) in [5, 5.41) is 33.9. The molecule has 5 atom stereocenters. The Hall–Kier alpha value is -3.76. The molecule has 0 saturated carbocycles. The number of rotatable bonds is 22. The molecule has 0 radical (unpaired) electrons. The number of thiol groups is 3. The molecular weight excluding hydrogens is 685 g/mol. The van der Waals surface area contributed by atoms with Crippen molar-refractivity contribution in [2.75, 3.05) is 36.9 Å². The van der Waals surface area contributed by atoms with Crippen molar-refractivity contribution < 1.29 is 53.4 Å². The highest BCUT2D eigenvalue weighted by atomic mass is 32.1. The Bertz CT molecular complexity index is 1160. The Balaban J connectivity index is 5.17. The molecule has 47 heavy (non-hydrogen) atoms. The van der Waals surface area contributed by atoms with E-state index in [0.717, 1.165) is 0 Å². The number of nitrogens with one attached hydrogen (secondary N) is 7.